The smallest absolute Gasteiger partial charge is 0.262 e. The zero-order chi connectivity index (χ0) is 23.5. The lowest BCUT2D eigenvalue weighted by atomic mass is 10.1. The third kappa shape index (κ3) is 4.23. The molecule has 0 saturated heterocycles. The lowest BCUT2D eigenvalue weighted by Crippen LogP contribution is -2.21. The van der Waals surface area contributed by atoms with Gasteiger partial charge in [0.05, 0.1) is 16.8 Å². The maximum atomic E-state index is 13.8. The topological polar surface area (TPSA) is 69.0 Å². The fourth-order valence-electron chi connectivity index (χ4n) is 3.78. The quantitative estimate of drug-likeness (QED) is 0.367. The summed E-state index contributed by atoms with van der Waals surface area (Å²) in [5, 5.41) is 8.28. The van der Waals surface area contributed by atoms with Crippen molar-refractivity contribution in [2.75, 3.05) is 11.9 Å². The lowest BCUT2D eigenvalue weighted by Gasteiger charge is -2.09. The van der Waals surface area contributed by atoms with Gasteiger partial charge in [0.2, 0.25) is 5.88 Å². The van der Waals surface area contributed by atoms with Crippen LogP contribution in [0.4, 0.5) is 10.1 Å². The average Bonchev–Trinajstić information content (AvgIpc) is 3.25. The number of aryl methyl sites for hydroxylation is 1. The lowest BCUT2D eigenvalue weighted by molar-refractivity contribution is -0.118. The van der Waals surface area contributed by atoms with E-state index in [4.69, 9.17) is 9.84 Å². The van der Waals surface area contributed by atoms with E-state index in [1.54, 1.807) is 22.9 Å². The molecule has 0 radical (unpaired) electrons. The minimum Gasteiger partial charge on any atom is -0.467 e. The number of anilines is 1. The highest BCUT2D eigenvalue weighted by Gasteiger charge is 2.19. The first-order chi connectivity index (χ1) is 16.6. The number of aromatic nitrogens is 3. The van der Waals surface area contributed by atoms with Gasteiger partial charge in [0, 0.05) is 11.6 Å². The molecule has 0 aliphatic carbocycles. The zero-order valence-corrected chi connectivity index (χ0v) is 18.4. The number of nitrogens with zero attached hydrogens (tertiary/aromatic N) is 3. The van der Waals surface area contributed by atoms with Gasteiger partial charge < -0.3 is 10.1 Å². The molecule has 2 heterocycles. The summed E-state index contributed by atoms with van der Waals surface area (Å²) >= 11 is 0. The van der Waals surface area contributed by atoms with Crippen LogP contribution in [-0.2, 0) is 4.79 Å². The van der Waals surface area contributed by atoms with Crippen LogP contribution in [0.3, 0.4) is 0 Å². The highest BCUT2D eigenvalue weighted by molar-refractivity contribution is 5.95. The maximum Gasteiger partial charge on any atom is 0.262 e. The van der Waals surface area contributed by atoms with E-state index in [2.05, 4.69) is 10.3 Å². The molecule has 34 heavy (non-hydrogen) atoms. The first-order valence-electron chi connectivity index (χ1n) is 10.8. The third-order valence-corrected chi connectivity index (χ3v) is 5.36. The van der Waals surface area contributed by atoms with Gasteiger partial charge in [0.25, 0.3) is 5.91 Å². The number of rotatable bonds is 6. The molecule has 0 spiro atoms. The Balaban J connectivity index is 1.50. The third-order valence-electron chi connectivity index (χ3n) is 5.36. The molecule has 7 heteroatoms. The van der Waals surface area contributed by atoms with Crippen LogP contribution in [-0.4, -0.2) is 27.3 Å². The minimum atomic E-state index is -0.508. The highest BCUT2D eigenvalue weighted by Crippen LogP contribution is 2.33. The van der Waals surface area contributed by atoms with Crippen molar-refractivity contribution in [3.05, 3.63) is 102 Å². The molecule has 1 amide bonds. The van der Waals surface area contributed by atoms with E-state index in [9.17, 15) is 9.18 Å². The van der Waals surface area contributed by atoms with Gasteiger partial charge >= 0.3 is 0 Å². The number of carbonyl (C=O) groups excluding carboxylic acids is 1. The van der Waals surface area contributed by atoms with Crippen LogP contribution >= 0.6 is 0 Å². The van der Waals surface area contributed by atoms with E-state index in [0.29, 0.717) is 5.65 Å². The van der Waals surface area contributed by atoms with Crippen molar-refractivity contribution in [1.29, 1.82) is 0 Å². The molecule has 5 aromatic rings. The number of fused-ring (bicyclic) bond motifs is 1. The second-order valence-electron chi connectivity index (χ2n) is 7.75. The van der Waals surface area contributed by atoms with Crippen LogP contribution in [0.1, 0.15) is 5.56 Å². The van der Waals surface area contributed by atoms with Crippen LogP contribution in [0.5, 0.6) is 5.88 Å². The number of pyridine rings is 1. The molecule has 3 aromatic carbocycles. The Morgan fingerprint density at radius 2 is 1.65 bits per heavy atom. The molecule has 1 N–H and O–H groups in total. The number of halogens is 1. The van der Waals surface area contributed by atoms with Gasteiger partial charge in [-0.25, -0.2) is 9.07 Å². The molecule has 6 nitrogen and oxygen atoms in total. The molecule has 0 aliphatic heterocycles. The predicted molar refractivity (Wildman–Crippen MR) is 130 cm³/mol. The van der Waals surface area contributed by atoms with Crippen molar-refractivity contribution in [3.8, 4) is 22.8 Å². The molecule has 0 fully saturated rings. The standard InChI is InChI=1S/C27H21FN4O2/c1-18-16-24(34-17-23(33)29-22-15-9-8-14-21(22)28)30-27-25(18)26(19-10-4-2-5-11-19)31-32(27)20-12-6-3-7-13-20/h2-16H,17H2,1H3,(H,29,33). The molecule has 5 rings (SSSR count). The van der Waals surface area contributed by atoms with Gasteiger partial charge in [-0.1, -0.05) is 60.7 Å². The summed E-state index contributed by atoms with van der Waals surface area (Å²) in [6, 6.07) is 27.4. The Labute approximate surface area is 195 Å². The predicted octanol–water partition coefficient (Wildman–Crippen LogP) is 5.55. The Morgan fingerprint density at radius 1 is 0.971 bits per heavy atom. The van der Waals surface area contributed by atoms with Crippen molar-refractivity contribution < 1.29 is 13.9 Å². The molecule has 0 unspecified atom stereocenters. The van der Waals surface area contributed by atoms with Crippen molar-refractivity contribution >= 4 is 22.6 Å². The molecule has 0 atom stereocenters. The molecule has 168 valence electrons. The number of amides is 1. The van der Waals surface area contributed by atoms with Crippen LogP contribution < -0.4 is 10.1 Å². The van der Waals surface area contributed by atoms with Gasteiger partial charge in [-0.15, -0.1) is 0 Å². The van der Waals surface area contributed by atoms with Gasteiger partial charge in [-0.2, -0.15) is 10.1 Å². The van der Waals surface area contributed by atoms with E-state index in [1.165, 1.54) is 12.1 Å². The van der Waals surface area contributed by atoms with E-state index in [0.717, 1.165) is 27.9 Å². The second-order valence-corrected chi connectivity index (χ2v) is 7.75. The zero-order valence-electron chi connectivity index (χ0n) is 18.4. The molecule has 0 bridgehead atoms. The van der Waals surface area contributed by atoms with E-state index in [1.807, 2.05) is 67.6 Å². The number of hydrogen-bond acceptors (Lipinski definition) is 4. The first kappa shape index (κ1) is 21.3. The Morgan fingerprint density at radius 3 is 2.38 bits per heavy atom. The van der Waals surface area contributed by atoms with Crippen molar-refractivity contribution in [3.63, 3.8) is 0 Å². The molecular weight excluding hydrogens is 431 g/mol. The Bertz CT molecular complexity index is 1470. The summed E-state index contributed by atoms with van der Waals surface area (Å²) in [7, 11) is 0. The molecular formula is C27H21FN4O2. The second kappa shape index (κ2) is 9.15. The normalized spacial score (nSPS) is 10.9. The number of ether oxygens (including phenoxy) is 1. The van der Waals surface area contributed by atoms with Crippen molar-refractivity contribution in [2.45, 2.75) is 6.92 Å². The summed E-state index contributed by atoms with van der Waals surface area (Å²) in [5.41, 5.74) is 4.28. The van der Waals surface area contributed by atoms with Crippen LogP contribution in [0.25, 0.3) is 28.0 Å². The average molecular weight is 452 g/mol. The van der Waals surface area contributed by atoms with E-state index in [-0.39, 0.29) is 18.2 Å². The molecule has 0 aliphatic rings. The van der Waals surface area contributed by atoms with Gasteiger partial charge in [-0.05, 0) is 36.8 Å². The van der Waals surface area contributed by atoms with Crippen LogP contribution in [0.15, 0.2) is 91.0 Å². The monoisotopic (exact) mass is 452 g/mol. The Hall–Kier alpha value is -4.52. The first-order valence-corrected chi connectivity index (χ1v) is 10.8. The number of nitrogens with one attached hydrogen (secondary N) is 1. The Kier molecular flexibility index (Phi) is 5.74. The summed E-state index contributed by atoms with van der Waals surface area (Å²) in [5.74, 6) is -0.706. The summed E-state index contributed by atoms with van der Waals surface area (Å²) in [6.45, 7) is 1.65. The summed E-state index contributed by atoms with van der Waals surface area (Å²) < 4.78 is 21.3. The SMILES string of the molecule is Cc1cc(OCC(=O)Nc2ccccc2F)nc2c1c(-c1ccccc1)nn2-c1ccccc1. The fraction of sp³-hybridized carbons (Fsp3) is 0.0741. The summed E-state index contributed by atoms with van der Waals surface area (Å²) in [6.07, 6.45) is 0. The number of para-hydroxylation sites is 2. The van der Waals surface area contributed by atoms with Crippen LogP contribution in [0, 0.1) is 12.7 Å². The van der Waals surface area contributed by atoms with Gasteiger partial charge in [-0.3, -0.25) is 4.79 Å². The van der Waals surface area contributed by atoms with E-state index >= 15 is 0 Å². The summed E-state index contributed by atoms with van der Waals surface area (Å²) in [4.78, 5) is 17.0. The number of benzene rings is 3. The minimum absolute atomic E-state index is 0.102. The van der Waals surface area contributed by atoms with Gasteiger partial charge in [0.15, 0.2) is 12.3 Å². The molecule has 0 saturated carbocycles. The van der Waals surface area contributed by atoms with E-state index < -0.39 is 11.7 Å². The molecule has 2 aromatic heterocycles. The maximum absolute atomic E-state index is 13.8. The largest absolute Gasteiger partial charge is 0.467 e. The fourth-order valence-corrected chi connectivity index (χ4v) is 3.78. The van der Waals surface area contributed by atoms with Crippen LogP contribution in [0.2, 0.25) is 0 Å². The van der Waals surface area contributed by atoms with Gasteiger partial charge in [0.1, 0.15) is 11.5 Å². The number of hydrogen-bond donors (Lipinski definition) is 1. The van der Waals surface area contributed by atoms with Crippen molar-refractivity contribution in [2.24, 2.45) is 0 Å². The number of carbonyl (C=O) groups is 1. The van der Waals surface area contributed by atoms with Crippen molar-refractivity contribution in [1.82, 2.24) is 14.8 Å². The highest BCUT2D eigenvalue weighted by atomic mass is 19.1.